The number of nitrogens with two attached hydrogens (primary N) is 1. The Morgan fingerprint density at radius 1 is 1.62 bits per heavy atom. The van der Waals surface area contributed by atoms with Crippen LogP contribution in [0.25, 0.3) is 6.08 Å². The monoisotopic (exact) mass is 180 g/mol. The highest BCUT2D eigenvalue weighted by atomic mass is 19.1. The van der Waals surface area contributed by atoms with Gasteiger partial charge >= 0.3 is 0 Å². The third-order valence-electron chi connectivity index (χ3n) is 1.52. The number of nitrogens with zero attached hydrogens (tertiary/aromatic N) is 1. The Kier molecular flexibility index (Phi) is 2.74. The van der Waals surface area contributed by atoms with Gasteiger partial charge < -0.3 is 5.73 Å². The Hall–Kier alpha value is -1.71. The summed E-state index contributed by atoms with van der Waals surface area (Å²) >= 11 is 0. The largest absolute Gasteiger partial charge is 0.366 e. The van der Waals surface area contributed by atoms with E-state index in [1.807, 2.05) is 0 Å². The molecule has 3 nitrogen and oxygen atoms in total. The molecule has 0 atom stereocenters. The normalized spacial score (nSPS) is 10.6. The quantitative estimate of drug-likeness (QED) is 0.545. The first-order valence-electron chi connectivity index (χ1n) is 3.70. The minimum Gasteiger partial charge on any atom is -0.366 e. The summed E-state index contributed by atoms with van der Waals surface area (Å²) in [5, 5.41) is 0. The van der Waals surface area contributed by atoms with Crippen molar-refractivity contribution in [1.29, 1.82) is 0 Å². The number of carbonyl (C=O) groups is 1. The number of amides is 1. The van der Waals surface area contributed by atoms with Crippen LogP contribution in [0.5, 0.6) is 0 Å². The zero-order valence-electron chi connectivity index (χ0n) is 7.12. The van der Waals surface area contributed by atoms with Gasteiger partial charge in [0.25, 0.3) is 0 Å². The Balaban J connectivity index is 2.96. The Morgan fingerprint density at radius 2 is 2.31 bits per heavy atom. The fourth-order valence-corrected chi connectivity index (χ4v) is 0.889. The maximum Gasteiger partial charge on any atom is 0.241 e. The van der Waals surface area contributed by atoms with Crippen LogP contribution < -0.4 is 5.73 Å². The minimum absolute atomic E-state index is 0.525. The van der Waals surface area contributed by atoms with Crippen LogP contribution in [0.1, 0.15) is 11.3 Å². The molecule has 1 rings (SSSR count). The predicted molar refractivity (Wildman–Crippen MR) is 47.2 cm³/mol. The molecule has 1 heterocycles. The zero-order valence-corrected chi connectivity index (χ0v) is 7.12. The first-order valence-corrected chi connectivity index (χ1v) is 3.70. The lowest BCUT2D eigenvalue weighted by molar-refractivity contribution is -0.113. The molecule has 0 saturated heterocycles. The van der Waals surface area contributed by atoms with E-state index in [4.69, 9.17) is 5.73 Å². The van der Waals surface area contributed by atoms with E-state index >= 15 is 0 Å². The summed E-state index contributed by atoms with van der Waals surface area (Å²) in [6.07, 6.45) is 2.71. The van der Waals surface area contributed by atoms with Crippen molar-refractivity contribution < 1.29 is 9.18 Å². The van der Waals surface area contributed by atoms with Crippen molar-refractivity contribution >= 4 is 12.0 Å². The molecule has 0 spiro atoms. The number of primary amides is 1. The van der Waals surface area contributed by atoms with Crippen molar-refractivity contribution in [1.82, 2.24) is 4.98 Å². The summed E-state index contributed by atoms with van der Waals surface area (Å²) in [6.45, 7) is 1.66. The summed E-state index contributed by atoms with van der Waals surface area (Å²) in [7, 11) is 0. The van der Waals surface area contributed by atoms with Gasteiger partial charge in [-0.3, -0.25) is 4.79 Å². The highest BCUT2D eigenvalue weighted by molar-refractivity contribution is 5.90. The van der Waals surface area contributed by atoms with Gasteiger partial charge in [0.05, 0.1) is 0 Å². The molecule has 1 aromatic rings. The third kappa shape index (κ3) is 2.66. The molecular formula is C9H9FN2O. The van der Waals surface area contributed by atoms with Crippen LogP contribution in [0.4, 0.5) is 4.39 Å². The first kappa shape index (κ1) is 9.38. The summed E-state index contributed by atoms with van der Waals surface area (Å²) in [5.74, 6) is -1.07. The number of aromatic nitrogens is 1. The van der Waals surface area contributed by atoms with Crippen LogP contribution in [0.2, 0.25) is 0 Å². The molecule has 0 saturated carbocycles. The van der Waals surface area contributed by atoms with Crippen molar-refractivity contribution in [2.24, 2.45) is 5.73 Å². The lowest BCUT2D eigenvalue weighted by Gasteiger charge is -1.97. The van der Waals surface area contributed by atoms with Crippen molar-refractivity contribution in [3.05, 3.63) is 35.4 Å². The molecule has 0 bridgehead atoms. The maximum absolute atomic E-state index is 12.5. The van der Waals surface area contributed by atoms with E-state index in [0.29, 0.717) is 11.3 Å². The fraction of sp³-hybridized carbons (Fsp3) is 0.111. The van der Waals surface area contributed by atoms with Crippen LogP contribution in [-0.4, -0.2) is 10.9 Å². The molecular weight excluding hydrogens is 171 g/mol. The van der Waals surface area contributed by atoms with E-state index in [0.717, 1.165) is 0 Å². The second-order valence-electron chi connectivity index (χ2n) is 2.54. The highest BCUT2D eigenvalue weighted by Gasteiger charge is 1.97. The molecule has 0 fully saturated rings. The topological polar surface area (TPSA) is 56.0 Å². The third-order valence-corrected chi connectivity index (χ3v) is 1.52. The number of halogens is 1. The average Bonchev–Trinajstić information content (AvgIpc) is 2.02. The molecule has 0 aliphatic rings. The van der Waals surface area contributed by atoms with E-state index in [-0.39, 0.29) is 0 Å². The van der Waals surface area contributed by atoms with Gasteiger partial charge in [0, 0.05) is 11.8 Å². The second-order valence-corrected chi connectivity index (χ2v) is 2.54. The summed E-state index contributed by atoms with van der Waals surface area (Å²) < 4.78 is 12.5. The van der Waals surface area contributed by atoms with E-state index < -0.39 is 11.9 Å². The Bertz CT molecular complexity index is 361. The van der Waals surface area contributed by atoms with Gasteiger partial charge in [-0.2, -0.15) is 4.39 Å². The second kappa shape index (κ2) is 3.80. The van der Waals surface area contributed by atoms with Crippen molar-refractivity contribution in [2.75, 3.05) is 0 Å². The smallest absolute Gasteiger partial charge is 0.241 e. The SMILES string of the molecule is Cc1nc(F)ccc1C=CC(N)=O. The number of rotatable bonds is 2. The lowest BCUT2D eigenvalue weighted by Crippen LogP contribution is -2.05. The van der Waals surface area contributed by atoms with Crippen molar-refractivity contribution in [3.63, 3.8) is 0 Å². The molecule has 2 N–H and O–H groups in total. The number of carbonyl (C=O) groups excluding carboxylic acids is 1. The van der Waals surface area contributed by atoms with Gasteiger partial charge in [-0.25, -0.2) is 4.98 Å². The lowest BCUT2D eigenvalue weighted by atomic mass is 10.2. The van der Waals surface area contributed by atoms with E-state index in [1.165, 1.54) is 24.3 Å². The Labute approximate surface area is 75.1 Å². The first-order chi connectivity index (χ1) is 6.09. The molecule has 0 aliphatic carbocycles. The molecule has 0 aromatic carbocycles. The summed E-state index contributed by atoms with van der Waals surface area (Å²) in [4.78, 5) is 14.0. The van der Waals surface area contributed by atoms with Crippen LogP contribution >= 0.6 is 0 Å². The van der Waals surface area contributed by atoms with Crippen LogP contribution in [0.3, 0.4) is 0 Å². The van der Waals surface area contributed by atoms with Gasteiger partial charge in [0.2, 0.25) is 11.9 Å². The van der Waals surface area contributed by atoms with Gasteiger partial charge in [0.1, 0.15) is 0 Å². The number of pyridine rings is 1. The fourth-order valence-electron chi connectivity index (χ4n) is 0.889. The van der Waals surface area contributed by atoms with E-state index in [1.54, 1.807) is 6.92 Å². The zero-order chi connectivity index (χ0) is 9.84. The minimum atomic E-state index is -0.538. The van der Waals surface area contributed by atoms with Gasteiger partial charge in [-0.05, 0) is 30.7 Å². The number of hydrogen-bond acceptors (Lipinski definition) is 2. The average molecular weight is 180 g/mol. The predicted octanol–water partition coefficient (Wildman–Crippen LogP) is 1.03. The van der Waals surface area contributed by atoms with Crippen LogP contribution in [-0.2, 0) is 4.79 Å². The molecule has 4 heteroatoms. The summed E-state index contributed by atoms with van der Waals surface area (Å²) in [5.41, 5.74) is 6.11. The molecule has 68 valence electrons. The molecule has 0 aliphatic heterocycles. The van der Waals surface area contributed by atoms with Gasteiger partial charge in [0.15, 0.2) is 0 Å². The van der Waals surface area contributed by atoms with Gasteiger partial charge in [-0.15, -0.1) is 0 Å². The van der Waals surface area contributed by atoms with Crippen molar-refractivity contribution in [2.45, 2.75) is 6.92 Å². The van der Waals surface area contributed by atoms with Crippen LogP contribution in [0.15, 0.2) is 18.2 Å². The molecule has 1 amide bonds. The van der Waals surface area contributed by atoms with Crippen molar-refractivity contribution in [3.8, 4) is 0 Å². The number of aryl methyl sites for hydroxylation is 1. The van der Waals surface area contributed by atoms with E-state index in [9.17, 15) is 9.18 Å². The highest BCUT2D eigenvalue weighted by Crippen LogP contribution is 2.07. The summed E-state index contributed by atoms with van der Waals surface area (Å²) in [6, 6.07) is 2.77. The number of hydrogen-bond donors (Lipinski definition) is 1. The molecule has 1 aromatic heterocycles. The van der Waals surface area contributed by atoms with Gasteiger partial charge in [-0.1, -0.05) is 0 Å². The van der Waals surface area contributed by atoms with Crippen LogP contribution in [0, 0.1) is 12.9 Å². The van der Waals surface area contributed by atoms with E-state index in [2.05, 4.69) is 4.98 Å². The Morgan fingerprint density at radius 3 is 2.85 bits per heavy atom. The maximum atomic E-state index is 12.5. The molecule has 0 radical (unpaired) electrons. The molecule has 0 unspecified atom stereocenters. The molecule has 13 heavy (non-hydrogen) atoms. The standard InChI is InChI=1S/C9H9FN2O/c1-6-7(3-5-9(11)13)2-4-8(10)12-6/h2-5H,1H3,(H2,11,13).